The van der Waals surface area contributed by atoms with Gasteiger partial charge in [0.1, 0.15) is 17.7 Å². The van der Waals surface area contributed by atoms with E-state index in [1.54, 1.807) is 48.6 Å². The van der Waals surface area contributed by atoms with Gasteiger partial charge in [0.15, 0.2) is 0 Å². The van der Waals surface area contributed by atoms with Crippen LogP contribution in [-0.2, 0) is 33.4 Å². The van der Waals surface area contributed by atoms with Gasteiger partial charge in [-0.05, 0) is 49.8 Å². The van der Waals surface area contributed by atoms with Crippen LogP contribution in [0.15, 0.2) is 79.9 Å². The van der Waals surface area contributed by atoms with Crippen molar-refractivity contribution in [2.24, 2.45) is 11.8 Å². The zero-order valence-corrected chi connectivity index (χ0v) is 29.1. The number of unbranched alkanes of at least 4 members (excludes halogenated alkanes) is 1. The fourth-order valence-corrected chi connectivity index (χ4v) is 7.95. The quantitative estimate of drug-likeness (QED) is 0.132. The van der Waals surface area contributed by atoms with E-state index in [1.165, 1.54) is 16.9 Å². The first-order valence-electron chi connectivity index (χ1n) is 17.1. The molecular formula is C38H46ClN3O8. The van der Waals surface area contributed by atoms with Gasteiger partial charge in [-0.15, -0.1) is 13.2 Å². The van der Waals surface area contributed by atoms with Gasteiger partial charge in [-0.2, -0.15) is 0 Å². The van der Waals surface area contributed by atoms with E-state index in [4.69, 9.17) is 25.8 Å². The van der Waals surface area contributed by atoms with Gasteiger partial charge in [0.25, 0.3) is 5.91 Å². The molecule has 0 aromatic heterocycles. The molecular weight excluding hydrogens is 662 g/mol. The molecule has 3 saturated heterocycles. The summed E-state index contributed by atoms with van der Waals surface area (Å²) in [6, 6.07) is 14.2. The molecule has 3 amide bonds. The number of amides is 3. The number of methoxy groups -OCH3 is 1. The molecule has 268 valence electrons. The summed E-state index contributed by atoms with van der Waals surface area (Å²) in [5, 5.41) is 12.8. The van der Waals surface area contributed by atoms with Crippen LogP contribution in [0.2, 0.25) is 5.02 Å². The summed E-state index contributed by atoms with van der Waals surface area (Å²) < 4.78 is 18.4. The van der Waals surface area contributed by atoms with Crippen LogP contribution in [0.1, 0.15) is 50.2 Å². The number of ether oxygens (including phenoxy) is 3. The topological polar surface area (TPSA) is 135 Å². The second kappa shape index (κ2) is 16.8. The van der Waals surface area contributed by atoms with Crippen molar-refractivity contribution >= 4 is 41.0 Å². The number of nitrogens with zero attached hydrogens (tertiary/aromatic N) is 2. The summed E-state index contributed by atoms with van der Waals surface area (Å²) in [6.07, 6.45) is 4.04. The maximum absolute atomic E-state index is 14.7. The van der Waals surface area contributed by atoms with Crippen LogP contribution in [0, 0.1) is 11.8 Å². The van der Waals surface area contributed by atoms with Crippen LogP contribution < -0.4 is 10.2 Å². The van der Waals surface area contributed by atoms with E-state index in [1.807, 2.05) is 18.2 Å². The Bertz CT molecular complexity index is 1560. The first kappa shape index (κ1) is 37.2. The number of benzene rings is 2. The van der Waals surface area contributed by atoms with Crippen LogP contribution in [0.3, 0.4) is 0 Å². The Morgan fingerprint density at radius 1 is 1.14 bits per heavy atom. The maximum atomic E-state index is 14.7. The summed E-state index contributed by atoms with van der Waals surface area (Å²) in [4.78, 5) is 59.5. The largest absolute Gasteiger partial charge is 0.455 e. The molecule has 3 fully saturated rings. The Balaban J connectivity index is 1.49. The summed E-state index contributed by atoms with van der Waals surface area (Å²) >= 11 is 6.56. The zero-order chi connectivity index (χ0) is 35.8. The van der Waals surface area contributed by atoms with Crippen molar-refractivity contribution in [1.29, 1.82) is 0 Å². The Hall–Kier alpha value is -4.03. The molecule has 0 saturated carbocycles. The molecule has 0 radical (unpaired) electrons. The van der Waals surface area contributed by atoms with Gasteiger partial charge < -0.3 is 34.4 Å². The lowest BCUT2D eigenvalue weighted by Gasteiger charge is -2.37. The summed E-state index contributed by atoms with van der Waals surface area (Å²) in [5.74, 6) is -3.63. The summed E-state index contributed by atoms with van der Waals surface area (Å²) in [6.45, 7) is 7.83. The maximum Gasteiger partial charge on any atom is 0.313 e. The van der Waals surface area contributed by atoms with E-state index in [-0.39, 0.29) is 44.5 Å². The predicted molar refractivity (Wildman–Crippen MR) is 188 cm³/mol. The third kappa shape index (κ3) is 7.37. The van der Waals surface area contributed by atoms with Crippen molar-refractivity contribution in [2.45, 2.75) is 68.4 Å². The van der Waals surface area contributed by atoms with E-state index in [0.717, 1.165) is 0 Å². The van der Waals surface area contributed by atoms with Gasteiger partial charge in [0.05, 0.1) is 41.3 Å². The normalized spacial score (nSPS) is 24.7. The Kier molecular flexibility index (Phi) is 12.5. The number of allylic oxidation sites excluding steroid dienone is 1. The molecule has 2 aromatic rings. The van der Waals surface area contributed by atoms with Crippen LogP contribution in [0.4, 0.5) is 5.69 Å². The number of carbonyl (C=O) groups excluding carboxylic acids is 4. The molecule has 1 spiro atoms. The van der Waals surface area contributed by atoms with Crippen LogP contribution in [0.25, 0.3) is 0 Å². The number of anilines is 1. The number of hydrogen-bond acceptors (Lipinski definition) is 8. The Morgan fingerprint density at radius 3 is 2.56 bits per heavy atom. The number of halogens is 1. The lowest BCUT2D eigenvalue weighted by molar-refractivity contribution is -0.163. The molecule has 3 aliphatic heterocycles. The molecule has 0 unspecified atom stereocenters. The number of aliphatic hydroxyl groups excluding tert-OH is 1. The van der Waals surface area contributed by atoms with Crippen LogP contribution in [-0.4, -0.2) is 90.9 Å². The monoisotopic (exact) mass is 707 g/mol. The van der Waals surface area contributed by atoms with E-state index in [0.29, 0.717) is 48.4 Å². The van der Waals surface area contributed by atoms with Gasteiger partial charge in [-0.3, -0.25) is 19.2 Å². The number of aliphatic hydroxyl groups is 1. The van der Waals surface area contributed by atoms with E-state index < -0.39 is 53.6 Å². The molecule has 11 nitrogen and oxygen atoms in total. The average Bonchev–Trinajstić information content (AvgIpc) is 3.76. The predicted octanol–water partition coefficient (Wildman–Crippen LogP) is 4.39. The first-order valence-corrected chi connectivity index (χ1v) is 17.5. The molecule has 2 bridgehead atoms. The third-order valence-electron chi connectivity index (χ3n) is 9.84. The standard InChI is InChI=1S/C38H46ClN3O8/c1-4-6-18-30(44)40-27(24-48-3)33(25-14-8-7-9-15-25)49-37(47)31-29-19-20-38(50-29)32(31)35(45)42(22-12-13-23-43)34(38)36(46)41(21-5-2)28-17-11-10-16-26(28)39/h4-5,7-11,14-17,27,29,31-34,43H,1-2,6,12-13,18-24H2,3H3,(H,40,44)/t27-,29-,31+,32+,33-,34-,38+/m0/s1. The molecule has 50 heavy (non-hydrogen) atoms. The van der Waals surface area contributed by atoms with E-state index in [2.05, 4.69) is 18.5 Å². The fourth-order valence-electron chi connectivity index (χ4n) is 7.71. The number of rotatable bonds is 18. The second-order valence-corrected chi connectivity index (χ2v) is 13.3. The van der Waals surface area contributed by atoms with Crippen molar-refractivity contribution in [2.75, 3.05) is 38.3 Å². The lowest BCUT2D eigenvalue weighted by atomic mass is 9.70. The number of para-hydroxylation sites is 1. The number of hydrogen-bond donors (Lipinski definition) is 2. The number of nitrogens with one attached hydrogen (secondary N) is 1. The highest BCUT2D eigenvalue weighted by atomic mass is 35.5. The Morgan fingerprint density at radius 2 is 1.88 bits per heavy atom. The minimum Gasteiger partial charge on any atom is -0.455 e. The number of likely N-dealkylation sites (tertiary alicyclic amines) is 1. The summed E-state index contributed by atoms with van der Waals surface area (Å²) in [5.41, 5.74) is -0.174. The molecule has 0 aliphatic carbocycles. The first-order chi connectivity index (χ1) is 24.2. The number of fused-ring (bicyclic) bond motifs is 1. The van der Waals surface area contributed by atoms with Crippen LogP contribution >= 0.6 is 11.6 Å². The SMILES string of the molecule is C=CCCC(=O)N[C@@H](COC)[C@@H](OC(=O)[C@@H]1[C@@H]2CC[C@]3(O2)[C@H](C(=O)N(CC=C)c2ccccc2Cl)N(CCCCO)C(=O)[C@@H]13)c1ccccc1. The van der Waals surface area contributed by atoms with Crippen molar-refractivity contribution in [3.63, 3.8) is 0 Å². The lowest BCUT2D eigenvalue weighted by Crippen LogP contribution is -2.56. The highest BCUT2D eigenvalue weighted by Gasteiger charge is 2.75. The summed E-state index contributed by atoms with van der Waals surface area (Å²) in [7, 11) is 1.50. The van der Waals surface area contributed by atoms with Crippen molar-refractivity contribution in [3.8, 4) is 0 Å². The highest BCUT2D eigenvalue weighted by molar-refractivity contribution is 6.34. The third-order valence-corrected chi connectivity index (χ3v) is 10.2. The minimum atomic E-state index is -1.28. The van der Waals surface area contributed by atoms with Crippen molar-refractivity contribution in [1.82, 2.24) is 10.2 Å². The van der Waals surface area contributed by atoms with Gasteiger partial charge >= 0.3 is 5.97 Å². The van der Waals surface area contributed by atoms with Crippen molar-refractivity contribution < 1.29 is 38.5 Å². The molecule has 5 rings (SSSR count). The molecule has 2 aromatic carbocycles. The van der Waals surface area contributed by atoms with Crippen molar-refractivity contribution in [3.05, 3.63) is 90.5 Å². The van der Waals surface area contributed by atoms with E-state index >= 15 is 0 Å². The zero-order valence-electron chi connectivity index (χ0n) is 28.4. The smallest absolute Gasteiger partial charge is 0.313 e. The molecule has 7 atom stereocenters. The average molecular weight is 708 g/mol. The van der Waals surface area contributed by atoms with Gasteiger partial charge in [-0.25, -0.2) is 0 Å². The minimum absolute atomic E-state index is 0.0555. The van der Waals surface area contributed by atoms with Gasteiger partial charge in [-0.1, -0.05) is 66.2 Å². The molecule has 3 heterocycles. The molecule has 12 heteroatoms. The van der Waals surface area contributed by atoms with E-state index in [9.17, 15) is 24.3 Å². The van der Waals surface area contributed by atoms with Crippen LogP contribution in [0.5, 0.6) is 0 Å². The fraction of sp³-hybridized carbons (Fsp3) is 0.474. The van der Waals surface area contributed by atoms with Gasteiger partial charge in [0, 0.05) is 33.2 Å². The Labute approximate surface area is 298 Å². The molecule has 2 N–H and O–H groups in total. The second-order valence-electron chi connectivity index (χ2n) is 12.9. The number of esters is 1. The highest BCUT2D eigenvalue weighted by Crippen LogP contribution is 2.59. The number of carbonyl (C=O) groups is 4. The van der Waals surface area contributed by atoms with Gasteiger partial charge in [0.2, 0.25) is 11.8 Å². The molecule has 3 aliphatic rings.